The SMILES string of the molecule is Cc1ccc(NC(=O)c2ccc(NCCO)c(Cl)c2)cc1OCc1csc2c(C(=O)NCCO)cnc(N)c12.Cc1ccc(SO)cc1. The van der Waals surface area contributed by atoms with E-state index < -0.39 is 0 Å². The summed E-state index contributed by atoms with van der Waals surface area (Å²) in [7, 11) is 0. The molecule has 0 saturated heterocycles. The molecular weight excluding hydrogens is 674 g/mol. The number of carbonyl (C=O) groups is 2. The summed E-state index contributed by atoms with van der Waals surface area (Å²) < 4.78 is 15.3. The Hall–Kier alpha value is -4.37. The van der Waals surface area contributed by atoms with Crippen LogP contribution >= 0.6 is 35.0 Å². The second kappa shape index (κ2) is 17.7. The molecule has 0 bridgehead atoms. The highest BCUT2D eigenvalue weighted by Gasteiger charge is 2.18. The number of pyridine rings is 1. The monoisotopic (exact) mass is 709 g/mol. The maximum Gasteiger partial charge on any atom is 0.255 e. The van der Waals surface area contributed by atoms with Gasteiger partial charge in [0.25, 0.3) is 11.8 Å². The van der Waals surface area contributed by atoms with Crippen LogP contribution in [0.2, 0.25) is 5.02 Å². The Morgan fingerprint density at radius 2 is 1.75 bits per heavy atom. The molecule has 2 amide bonds. The molecule has 48 heavy (non-hydrogen) atoms. The van der Waals surface area contributed by atoms with E-state index in [-0.39, 0.29) is 44.0 Å². The van der Waals surface area contributed by atoms with Gasteiger partial charge >= 0.3 is 0 Å². The van der Waals surface area contributed by atoms with Crippen LogP contribution in [-0.4, -0.2) is 57.9 Å². The predicted molar refractivity (Wildman–Crippen MR) is 194 cm³/mol. The number of aliphatic hydroxyl groups is 2. The van der Waals surface area contributed by atoms with Gasteiger partial charge in [0.1, 0.15) is 18.2 Å². The standard InChI is InChI=1S/C27H28ClN5O5S.C7H8OS/c1-15-2-4-18(33-26(36)16-3-5-21(20(28)10-16)30-6-8-34)11-22(15)38-13-17-14-39-24-19(27(37)31-7-9-35)12-32-25(29)23(17)24;1-6-2-4-7(9-8)5-3-6/h2-5,10-12,14,30,34-35H,6-9,13H2,1H3,(H2,29,32)(H,31,37)(H,33,36);2-5,8H,1H3. The van der Waals surface area contributed by atoms with Crippen molar-refractivity contribution in [3.63, 3.8) is 0 Å². The molecule has 5 rings (SSSR count). The zero-order chi connectivity index (χ0) is 34.6. The first-order chi connectivity index (χ1) is 23.1. The average Bonchev–Trinajstić information content (AvgIpc) is 3.52. The van der Waals surface area contributed by atoms with Crippen molar-refractivity contribution >= 4 is 74.1 Å². The minimum Gasteiger partial charge on any atom is -0.489 e. The number of nitrogens with zero attached hydrogens (tertiary/aromatic N) is 1. The number of hydrogen-bond donors (Lipinski definition) is 7. The molecule has 2 heterocycles. The summed E-state index contributed by atoms with van der Waals surface area (Å²) in [4.78, 5) is 30.4. The topological polar surface area (TPSA) is 179 Å². The van der Waals surface area contributed by atoms with Gasteiger partial charge in [-0.25, -0.2) is 4.98 Å². The van der Waals surface area contributed by atoms with Crippen LogP contribution in [0.5, 0.6) is 5.75 Å². The number of hydrogen-bond acceptors (Lipinski definition) is 11. The summed E-state index contributed by atoms with van der Waals surface area (Å²) >= 11 is 8.40. The predicted octanol–water partition coefficient (Wildman–Crippen LogP) is 6.36. The number of nitrogens with one attached hydrogen (secondary N) is 3. The molecule has 0 atom stereocenters. The lowest BCUT2D eigenvalue weighted by atomic mass is 10.1. The first-order valence-corrected chi connectivity index (χ1v) is 16.8. The number of halogens is 1. The van der Waals surface area contributed by atoms with E-state index in [0.717, 1.165) is 28.1 Å². The maximum absolute atomic E-state index is 12.8. The van der Waals surface area contributed by atoms with E-state index in [2.05, 4.69) is 20.9 Å². The smallest absolute Gasteiger partial charge is 0.255 e. The van der Waals surface area contributed by atoms with Gasteiger partial charge in [0.15, 0.2) is 0 Å². The van der Waals surface area contributed by atoms with Crippen LogP contribution in [0, 0.1) is 13.8 Å². The van der Waals surface area contributed by atoms with E-state index in [1.54, 1.807) is 30.3 Å². The number of anilines is 3. The number of aliphatic hydroxyl groups excluding tert-OH is 2. The van der Waals surface area contributed by atoms with E-state index in [9.17, 15) is 9.59 Å². The third-order valence-electron chi connectivity index (χ3n) is 6.96. The highest BCUT2D eigenvalue weighted by atomic mass is 35.5. The van der Waals surface area contributed by atoms with Gasteiger partial charge in [-0.2, -0.15) is 0 Å². The Labute approximate surface area is 291 Å². The quantitative estimate of drug-likeness (QED) is 0.0721. The number of nitrogen functional groups attached to an aromatic ring is 1. The van der Waals surface area contributed by atoms with Crippen molar-refractivity contribution in [1.29, 1.82) is 0 Å². The van der Waals surface area contributed by atoms with Gasteiger partial charge in [-0.05, 0) is 61.2 Å². The van der Waals surface area contributed by atoms with Crippen molar-refractivity contribution in [3.05, 3.63) is 105 Å². The normalized spacial score (nSPS) is 10.6. The molecule has 5 aromatic rings. The van der Waals surface area contributed by atoms with Crippen LogP contribution < -0.4 is 26.4 Å². The summed E-state index contributed by atoms with van der Waals surface area (Å²) in [5.74, 6) is 0.178. The Bertz CT molecular complexity index is 1870. The molecule has 11 nitrogen and oxygen atoms in total. The minimum atomic E-state index is -0.340. The number of carbonyl (C=O) groups excluding carboxylic acids is 2. The van der Waals surface area contributed by atoms with Gasteiger partial charge in [-0.1, -0.05) is 35.4 Å². The number of ether oxygens (including phenoxy) is 1. The van der Waals surface area contributed by atoms with Crippen LogP contribution in [0.4, 0.5) is 17.2 Å². The van der Waals surface area contributed by atoms with Crippen LogP contribution in [-0.2, 0) is 6.61 Å². The fraction of sp³-hybridized carbons (Fsp3) is 0.206. The van der Waals surface area contributed by atoms with E-state index in [4.69, 9.17) is 36.8 Å². The fourth-order valence-corrected chi connectivity index (χ4v) is 6.02. The lowest BCUT2D eigenvalue weighted by molar-refractivity contribution is 0.0945. The molecule has 2 aromatic heterocycles. The number of aromatic nitrogens is 1. The molecule has 3 aromatic carbocycles. The zero-order valence-corrected chi connectivity index (χ0v) is 28.6. The second-order valence-electron chi connectivity index (χ2n) is 10.5. The van der Waals surface area contributed by atoms with Crippen molar-refractivity contribution in [2.45, 2.75) is 25.3 Å². The number of rotatable bonds is 12. The Balaban J connectivity index is 0.000000500. The van der Waals surface area contributed by atoms with E-state index in [0.29, 0.717) is 49.9 Å². The Morgan fingerprint density at radius 3 is 2.44 bits per heavy atom. The highest BCUT2D eigenvalue weighted by molar-refractivity contribution is 7.93. The highest BCUT2D eigenvalue weighted by Crippen LogP contribution is 2.34. The molecule has 14 heteroatoms. The molecule has 0 spiro atoms. The maximum atomic E-state index is 12.8. The van der Waals surface area contributed by atoms with Gasteiger partial charge in [-0.15, -0.1) is 11.3 Å². The molecule has 0 aliphatic rings. The van der Waals surface area contributed by atoms with Gasteiger partial charge < -0.3 is 41.2 Å². The van der Waals surface area contributed by atoms with Crippen molar-refractivity contribution in [3.8, 4) is 5.75 Å². The van der Waals surface area contributed by atoms with Crippen LogP contribution in [0.25, 0.3) is 10.1 Å². The molecular formula is C34H36ClN5O6S2. The Kier molecular flexibility index (Phi) is 13.4. The van der Waals surface area contributed by atoms with Crippen molar-refractivity contribution in [2.75, 3.05) is 42.7 Å². The third-order valence-corrected chi connectivity index (χ3v) is 8.81. The minimum absolute atomic E-state index is 0.0348. The summed E-state index contributed by atoms with van der Waals surface area (Å²) in [6.45, 7) is 4.37. The second-order valence-corrected chi connectivity index (χ2v) is 12.4. The summed E-state index contributed by atoms with van der Waals surface area (Å²) in [6.07, 6.45) is 1.42. The molecule has 0 fully saturated rings. The molecule has 0 unspecified atom stereocenters. The van der Waals surface area contributed by atoms with E-state index in [1.807, 2.05) is 49.6 Å². The van der Waals surface area contributed by atoms with Crippen molar-refractivity contribution in [1.82, 2.24) is 10.3 Å². The zero-order valence-electron chi connectivity index (χ0n) is 26.2. The molecule has 252 valence electrons. The lowest BCUT2D eigenvalue weighted by Gasteiger charge is -2.13. The number of amides is 2. The van der Waals surface area contributed by atoms with Crippen LogP contribution in [0.3, 0.4) is 0 Å². The number of nitrogens with two attached hydrogens (primary N) is 1. The molecule has 0 aliphatic heterocycles. The van der Waals surface area contributed by atoms with Crippen molar-refractivity contribution in [2.24, 2.45) is 0 Å². The number of fused-ring (bicyclic) bond motifs is 1. The van der Waals surface area contributed by atoms with Gasteiger partial charge in [-0.3, -0.25) is 9.59 Å². The number of benzene rings is 3. The fourth-order valence-electron chi connectivity index (χ4n) is 4.44. The first-order valence-electron chi connectivity index (χ1n) is 14.8. The lowest BCUT2D eigenvalue weighted by Crippen LogP contribution is -2.26. The van der Waals surface area contributed by atoms with Gasteiger partial charge in [0.2, 0.25) is 0 Å². The van der Waals surface area contributed by atoms with Crippen LogP contribution in [0.1, 0.15) is 37.4 Å². The van der Waals surface area contributed by atoms with Gasteiger partial charge in [0, 0.05) is 64.5 Å². The van der Waals surface area contributed by atoms with Crippen molar-refractivity contribution < 1.29 is 29.1 Å². The average molecular weight is 710 g/mol. The summed E-state index contributed by atoms with van der Waals surface area (Å²) in [5.41, 5.74) is 10.9. The first kappa shape index (κ1) is 36.5. The largest absolute Gasteiger partial charge is 0.489 e. The van der Waals surface area contributed by atoms with E-state index >= 15 is 0 Å². The molecule has 0 radical (unpaired) electrons. The van der Waals surface area contributed by atoms with Crippen LogP contribution in [0.15, 0.2) is 77.1 Å². The summed E-state index contributed by atoms with van der Waals surface area (Å²) in [5, 5.41) is 29.3. The van der Waals surface area contributed by atoms with E-state index in [1.165, 1.54) is 23.1 Å². The molecule has 0 aliphatic carbocycles. The number of aryl methyl sites for hydroxylation is 2. The molecule has 8 N–H and O–H groups in total. The number of thiophene rings is 1. The summed E-state index contributed by atoms with van der Waals surface area (Å²) in [6, 6.07) is 18.0. The third kappa shape index (κ3) is 9.60. The van der Waals surface area contributed by atoms with Gasteiger partial charge in [0.05, 0.1) is 34.2 Å². The Morgan fingerprint density at radius 1 is 1.00 bits per heavy atom. The molecule has 0 saturated carbocycles.